The number of methoxy groups -OCH3 is 1. The Kier molecular flexibility index (Phi) is 5.60. The number of carbonyl (C=O) groups is 1. The molecular weight excluding hydrogens is 196 g/mol. The summed E-state index contributed by atoms with van der Waals surface area (Å²) in [5, 5.41) is 12.0. The van der Waals surface area contributed by atoms with E-state index in [9.17, 15) is 4.79 Å². The van der Waals surface area contributed by atoms with Crippen molar-refractivity contribution in [3.05, 3.63) is 0 Å². The van der Waals surface area contributed by atoms with E-state index in [1.807, 2.05) is 0 Å². The smallest absolute Gasteiger partial charge is 0.236 e. The summed E-state index contributed by atoms with van der Waals surface area (Å²) >= 11 is 0. The number of nitrogens with zero attached hydrogens (tertiary/aromatic N) is 1. The van der Waals surface area contributed by atoms with Crippen LogP contribution in [0.3, 0.4) is 0 Å². The van der Waals surface area contributed by atoms with Crippen molar-refractivity contribution in [2.24, 2.45) is 0 Å². The van der Waals surface area contributed by atoms with Crippen LogP contribution in [0.2, 0.25) is 0 Å². The number of aliphatic hydroxyl groups excluding tert-OH is 1. The first-order valence-electron chi connectivity index (χ1n) is 5.39. The van der Waals surface area contributed by atoms with Gasteiger partial charge in [0.15, 0.2) is 0 Å². The molecule has 1 rings (SSSR count). The number of nitrogens with one attached hydrogen (secondary N) is 1. The molecule has 15 heavy (non-hydrogen) atoms. The predicted molar refractivity (Wildman–Crippen MR) is 56.6 cm³/mol. The van der Waals surface area contributed by atoms with E-state index in [0.717, 1.165) is 0 Å². The minimum Gasteiger partial charge on any atom is -0.395 e. The first-order valence-corrected chi connectivity index (χ1v) is 5.39. The summed E-state index contributed by atoms with van der Waals surface area (Å²) in [5.74, 6) is 0.0352. The molecule has 0 aromatic rings. The Morgan fingerprint density at radius 1 is 1.53 bits per heavy atom. The van der Waals surface area contributed by atoms with Gasteiger partial charge in [0, 0.05) is 26.2 Å². The third-order valence-electron chi connectivity index (χ3n) is 2.41. The van der Waals surface area contributed by atoms with Crippen LogP contribution >= 0.6 is 0 Å². The number of hydrogen-bond acceptors (Lipinski definition) is 4. The van der Waals surface area contributed by atoms with Crippen molar-refractivity contribution < 1.29 is 14.6 Å². The summed E-state index contributed by atoms with van der Waals surface area (Å²) in [6.07, 6.45) is 2.34. The van der Waals surface area contributed by atoms with Gasteiger partial charge in [-0.1, -0.05) is 0 Å². The maximum atomic E-state index is 11.7. The van der Waals surface area contributed by atoms with E-state index >= 15 is 0 Å². The standard InChI is InChI=1S/C10H20N2O3/c1-15-7-5-12(4-6-13)10(14)8-11-9-2-3-9/h9,11,13H,2-8H2,1H3. The average Bonchev–Trinajstić information content (AvgIpc) is 3.04. The quantitative estimate of drug-likeness (QED) is 0.558. The second-order valence-corrected chi connectivity index (χ2v) is 3.75. The van der Waals surface area contributed by atoms with E-state index in [1.165, 1.54) is 12.8 Å². The molecule has 1 fully saturated rings. The molecule has 5 heteroatoms. The Hall–Kier alpha value is -0.650. The Bertz CT molecular complexity index is 195. The highest BCUT2D eigenvalue weighted by Crippen LogP contribution is 2.18. The fourth-order valence-corrected chi connectivity index (χ4v) is 1.31. The summed E-state index contributed by atoms with van der Waals surface area (Å²) in [7, 11) is 1.60. The molecule has 0 aliphatic heterocycles. The van der Waals surface area contributed by atoms with Crippen molar-refractivity contribution in [2.45, 2.75) is 18.9 Å². The molecule has 0 aromatic heterocycles. The number of aliphatic hydroxyl groups is 1. The molecule has 0 saturated heterocycles. The molecule has 0 aromatic carbocycles. The van der Waals surface area contributed by atoms with Crippen LogP contribution in [-0.2, 0) is 9.53 Å². The number of hydrogen-bond donors (Lipinski definition) is 2. The average molecular weight is 216 g/mol. The predicted octanol–water partition coefficient (Wildman–Crippen LogP) is -0.794. The van der Waals surface area contributed by atoms with Gasteiger partial charge in [0.05, 0.1) is 19.8 Å². The normalized spacial score (nSPS) is 15.3. The van der Waals surface area contributed by atoms with Crippen LogP contribution in [0.15, 0.2) is 0 Å². The molecule has 1 saturated carbocycles. The molecule has 1 aliphatic carbocycles. The lowest BCUT2D eigenvalue weighted by Gasteiger charge is -2.21. The first kappa shape index (κ1) is 12.4. The molecule has 1 aliphatic rings. The highest BCUT2D eigenvalue weighted by molar-refractivity contribution is 5.78. The lowest BCUT2D eigenvalue weighted by Crippen LogP contribution is -2.41. The van der Waals surface area contributed by atoms with Crippen molar-refractivity contribution in [1.82, 2.24) is 10.2 Å². The van der Waals surface area contributed by atoms with Crippen molar-refractivity contribution in [1.29, 1.82) is 0 Å². The van der Waals surface area contributed by atoms with Crippen LogP contribution in [0.25, 0.3) is 0 Å². The van der Waals surface area contributed by atoms with Gasteiger partial charge in [-0.15, -0.1) is 0 Å². The van der Waals surface area contributed by atoms with Crippen molar-refractivity contribution in [2.75, 3.05) is 40.0 Å². The highest BCUT2D eigenvalue weighted by atomic mass is 16.5. The zero-order chi connectivity index (χ0) is 11.1. The van der Waals surface area contributed by atoms with Crippen molar-refractivity contribution in [3.63, 3.8) is 0 Å². The Morgan fingerprint density at radius 2 is 2.27 bits per heavy atom. The SMILES string of the molecule is COCCN(CCO)C(=O)CNC1CC1. The van der Waals surface area contributed by atoms with Crippen LogP contribution in [-0.4, -0.2) is 61.9 Å². The molecule has 0 bridgehead atoms. The third-order valence-corrected chi connectivity index (χ3v) is 2.41. The van der Waals surface area contributed by atoms with Crippen molar-refractivity contribution >= 4 is 5.91 Å². The van der Waals surface area contributed by atoms with E-state index < -0.39 is 0 Å². The van der Waals surface area contributed by atoms with Crippen LogP contribution in [0.5, 0.6) is 0 Å². The monoisotopic (exact) mass is 216 g/mol. The second kappa shape index (κ2) is 6.76. The van der Waals surface area contributed by atoms with Crippen molar-refractivity contribution in [3.8, 4) is 0 Å². The molecule has 88 valence electrons. The minimum absolute atomic E-state index is 0.00111. The largest absolute Gasteiger partial charge is 0.395 e. The Balaban J connectivity index is 2.21. The Labute approximate surface area is 90.4 Å². The van der Waals surface area contributed by atoms with E-state index in [2.05, 4.69) is 5.32 Å². The third kappa shape index (κ3) is 5.11. The minimum atomic E-state index is -0.00111. The number of carbonyl (C=O) groups excluding carboxylic acids is 1. The van der Waals surface area contributed by atoms with Crippen LogP contribution in [0.1, 0.15) is 12.8 Å². The zero-order valence-electron chi connectivity index (χ0n) is 9.24. The van der Waals surface area contributed by atoms with E-state index in [4.69, 9.17) is 9.84 Å². The van der Waals surface area contributed by atoms with Gasteiger partial charge in [0.1, 0.15) is 0 Å². The molecule has 1 amide bonds. The lowest BCUT2D eigenvalue weighted by molar-refractivity contribution is -0.131. The van der Waals surface area contributed by atoms with Crippen LogP contribution in [0.4, 0.5) is 0 Å². The summed E-state index contributed by atoms with van der Waals surface area (Å²) in [6.45, 7) is 1.80. The topological polar surface area (TPSA) is 61.8 Å². The highest BCUT2D eigenvalue weighted by Gasteiger charge is 2.22. The molecule has 0 unspecified atom stereocenters. The fraction of sp³-hybridized carbons (Fsp3) is 0.900. The van der Waals surface area contributed by atoms with Crippen LogP contribution < -0.4 is 5.32 Å². The summed E-state index contributed by atoms with van der Waals surface area (Å²) in [4.78, 5) is 13.3. The van der Waals surface area contributed by atoms with Gasteiger partial charge < -0.3 is 20.1 Å². The van der Waals surface area contributed by atoms with Gasteiger partial charge in [-0.2, -0.15) is 0 Å². The second-order valence-electron chi connectivity index (χ2n) is 3.75. The molecular formula is C10H20N2O3. The number of ether oxygens (including phenoxy) is 1. The van der Waals surface area contributed by atoms with E-state index in [-0.39, 0.29) is 12.5 Å². The maximum Gasteiger partial charge on any atom is 0.236 e. The number of amides is 1. The van der Waals surface area contributed by atoms with Gasteiger partial charge in [-0.3, -0.25) is 4.79 Å². The van der Waals surface area contributed by atoms with Gasteiger partial charge in [0.2, 0.25) is 5.91 Å². The van der Waals surface area contributed by atoms with E-state index in [1.54, 1.807) is 12.0 Å². The molecule has 5 nitrogen and oxygen atoms in total. The zero-order valence-corrected chi connectivity index (χ0v) is 9.24. The number of rotatable bonds is 8. The molecule has 0 atom stereocenters. The summed E-state index contributed by atoms with van der Waals surface area (Å²) in [6, 6.07) is 0.535. The maximum absolute atomic E-state index is 11.7. The van der Waals surface area contributed by atoms with E-state index in [0.29, 0.717) is 32.3 Å². The molecule has 0 radical (unpaired) electrons. The lowest BCUT2D eigenvalue weighted by atomic mass is 10.4. The van der Waals surface area contributed by atoms with Gasteiger partial charge in [-0.25, -0.2) is 0 Å². The van der Waals surface area contributed by atoms with Gasteiger partial charge >= 0.3 is 0 Å². The fourth-order valence-electron chi connectivity index (χ4n) is 1.31. The van der Waals surface area contributed by atoms with Gasteiger partial charge in [0.25, 0.3) is 0 Å². The van der Waals surface area contributed by atoms with Gasteiger partial charge in [-0.05, 0) is 12.8 Å². The first-order chi connectivity index (χ1) is 7.27. The molecule has 0 spiro atoms. The molecule has 0 heterocycles. The Morgan fingerprint density at radius 3 is 2.80 bits per heavy atom. The van der Waals surface area contributed by atoms with Crippen LogP contribution in [0, 0.1) is 0 Å². The summed E-state index contributed by atoms with van der Waals surface area (Å²) in [5.41, 5.74) is 0. The summed E-state index contributed by atoms with van der Waals surface area (Å²) < 4.78 is 4.91. The molecule has 2 N–H and O–H groups in total.